The van der Waals surface area contributed by atoms with Crippen molar-refractivity contribution in [3.05, 3.63) is 0 Å². The Morgan fingerprint density at radius 2 is 1.08 bits per heavy atom. The van der Waals surface area contributed by atoms with Crippen LogP contribution in [0.2, 0.25) is 0 Å². The van der Waals surface area contributed by atoms with Crippen LogP contribution in [0.15, 0.2) is 0 Å². The highest BCUT2D eigenvalue weighted by atomic mass is 15.3. The predicted octanol–water partition coefficient (Wildman–Crippen LogP) is 3.50. The standard InChI is InChI=1S/C22H39N3/c1-18-2-8-21(9-3-18)14-24(15-21)19-4-10-22(11-5-19)16-25(17-22)20-6-12-23-13-7-20/h18-20,23H,2-17H2,1H3. The van der Waals surface area contributed by atoms with Gasteiger partial charge in [-0.05, 0) is 81.2 Å². The van der Waals surface area contributed by atoms with Crippen LogP contribution in [0.4, 0.5) is 0 Å². The van der Waals surface area contributed by atoms with Gasteiger partial charge in [-0.2, -0.15) is 0 Å². The van der Waals surface area contributed by atoms with Crippen molar-refractivity contribution in [2.45, 2.75) is 83.2 Å². The third kappa shape index (κ3) is 3.19. The molecular weight excluding hydrogens is 306 g/mol. The second-order valence-corrected chi connectivity index (χ2v) is 10.7. The SMILES string of the molecule is CC1CCC2(CC1)CN(C1CCC3(CC1)CN(C1CCNCC1)C3)C2. The first-order valence-electron chi connectivity index (χ1n) is 11.3. The summed E-state index contributed by atoms with van der Waals surface area (Å²) in [6.07, 6.45) is 14.8. The molecule has 3 nitrogen and oxygen atoms in total. The van der Waals surface area contributed by atoms with Gasteiger partial charge < -0.3 is 5.32 Å². The van der Waals surface area contributed by atoms with Crippen molar-refractivity contribution in [3.63, 3.8) is 0 Å². The fraction of sp³-hybridized carbons (Fsp3) is 1.00. The zero-order chi connectivity index (χ0) is 16.9. The number of rotatable bonds is 2. The van der Waals surface area contributed by atoms with E-state index in [2.05, 4.69) is 22.0 Å². The molecular formula is C22H39N3. The van der Waals surface area contributed by atoms with Crippen molar-refractivity contribution in [2.24, 2.45) is 16.7 Å². The van der Waals surface area contributed by atoms with E-state index in [-0.39, 0.29) is 0 Å². The number of nitrogens with zero attached hydrogens (tertiary/aromatic N) is 2. The molecule has 2 saturated carbocycles. The molecule has 5 aliphatic rings. The Hall–Kier alpha value is -0.120. The Kier molecular flexibility index (Phi) is 4.42. The fourth-order valence-corrected chi connectivity index (χ4v) is 6.91. The maximum absolute atomic E-state index is 3.51. The van der Waals surface area contributed by atoms with Crippen LogP contribution in [0.1, 0.15) is 71.1 Å². The summed E-state index contributed by atoms with van der Waals surface area (Å²) in [5.74, 6) is 0.996. The van der Waals surface area contributed by atoms with Crippen LogP contribution in [0.3, 0.4) is 0 Å². The first-order chi connectivity index (χ1) is 12.2. The summed E-state index contributed by atoms with van der Waals surface area (Å²) in [6, 6.07) is 1.83. The minimum absolute atomic E-state index is 0.726. The van der Waals surface area contributed by atoms with E-state index in [4.69, 9.17) is 0 Å². The molecule has 0 amide bonds. The van der Waals surface area contributed by atoms with E-state index < -0.39 is 0 Å². The second kappa shape index (κ2) is 6.49. The lowest BCUT2D eigenvalue weighted by atomic mass is 9.63. The molecule has 142 valence electrons. The highest BCUT2D eigenvalue weighted by molar-refractivity contribution is 5.05. The van der Waals surface area contributed by atoms with Gasteiger partial charge in [-0.25, -0.2) is 0 Å². The van der Waals surface area contributed by atoms with Crippen molar-refractivity contribution >= 4 is 0 Å². The van der Waals surface area contributed by atoms with Crippen molar-refractivity contribution in [3.8, 4) is 0 Å². The highest BCUT2D eigenvalue weighted by Gasteiger charge is 2.51. The molecule has 3 saturated heterocycles. The first-order valence-corrected chi connectivity index (χ1v) is 11.3. The molecule has 0 radical (unpaired) electrons. The number of likely N-dealkylation sites (tertiary alicyclic amines) is 2. The van der Waals surface area contributed by atoms with Crippen molar-refractivity contribution < 1.29 is 0 Å². The summed E-state index contributed by atoms with van der Waals surface area (Å²) in [7, 11) is 0. The molecule has 0 aromatic rings. The Morgan fingerprint density at radius 1 is 0.640 bits per heavy atom. The number of piperidine rings is 1. The van der Waals surface area contributed by atoms with Gasteiger partial charge in [0.1, 0.15) is 0 Å². The van der Waals surface area contributed by atoms with E-state index in [9.17, 15) is 0 Å². The Balaban J connectivity index is 1.06. The van der Waals surface area contributed by atoms with E-state index >= 15 is 0 Å². The summed E-state index contributed by atoms with van der Waals surface area (Å²) < 4.78 is 0. The Bertz CT molecular complexity index is 452. The van der Waals surface area contributed by atoms with Crippen molar-refractivity contribution in [2.75, 3.05) is 39.3 Å². The van der Waals surface area contributed by atoms with Crippen LogP contribution in [0, 0.1) is 16.7 Å². The van der Waals surface area contributed by atoms with Crippen molar-refractivity contribution in [1.82, 2.24) is 15.1 Å². The van der Waals surface area contributed by atoms with Gasteiger partial charge in [-0.15, -0.1) is 0 Å². The zero-order valence-corrected chi connectivity index (χ0v) is 16.4. The van der Waals surface area contributed by atoms with Crippen molar-refractivity contribution in [1.29, 1.82) is 0 Å². The monoisotopic (exact) mass is 345 g/mol. The third-order valence-electron chi connectivity index (χ3n) is 8.85. The Morgan fingerprint density at radius 3 is 1.60 bits per heavy atom. The van der Waals surface area contributed by atoms with E-state index in [1.165, 1.54) is 103 Å². The molecule has 2 spiro atoms. The quantitative estimate of drug-likeness (QED) is 0.826. The smallest absolute Gasteiger partial charge is 0.0120 e. The van der Waals surface area contributed by atoms with Crippen LogP contribution >= 0.6 is 0 Å². The number of hydrogen-bond donors (Lipinski definition) is 1. The summed E-state index contributed by atoms with van der Waals surface area (Å²) in [6.45, 7) is 10.7. The third-order valence-corrected chi connectivity index (χ3v) is 8.85. The van der Waals surface area contributed by atoms with Gasteiger partial charge in [0.15, 0.2) is 0 Å². The predicted molar refractivity (Wildman–Crippen MR) is 104 cm³/mol. The average molecular weight is 346 g/mol. The largest absolute Gasteiger partial charge is 0.317 e. The molecule has 25 heavy (non-hydrogen) atoms. The fourth-order valence-electron chi connectivity index (χ4n) is 6.91. The molecule has 2 aliphatic carbocycles. The molecule has 1 N–H and O–H groups in total. The van der Waals surface area contributed by atoms with E-state index in [0.717, 1.165) is 28.8 Å². The molecule has 5 rings (SSSR count). The van der Waals surface area contributed by atoms with Gasteiger partial charge in [0, 0.05) is 38.3 Å². The first kappa shape index (κ1) is 17.0. The van der Waals surface area contributed by atoms with E-state index in [0.29, 0.717) is 0 Å². The van der Waals surface area contributed by atoms with Crippen LogP contribution in [0.25, 0.3) is 0 Å². The molecule has 3 heterocycles. The van der Waals surface area contributed by atoms with Gasteiger partial charge in [-0.1, -0.05) is 19.8 Å². The van der Waals surface area contributed by atoms with Crippen LogP contribution in [0.5, 0.6) is 0 Å². The lowest BCUT2D eigenvalue weighted by Gasteiger charge is -2.60. The molecule has 5 fully saturated rings. The molecule has 0 aromatic heterocycles. The summed E-state index contributed by atoms with van der Waals surface area (Å²) in [5, 5.41) is 3.51. The molecule has 3 aliphatic heterocycles. The maximum Gasteiger partial charge on any atom is 0.0120 e. The topological polar surface area (TPSA) is 18.5 Å². The minimum Gasteiger partial charge on any atom is -0.317 e. The van der Waals surface area contributed by atoms with Crippen LogP contribution in [-0.4, -0.2) is 61.2 Å². The summed E-state index contributed by atoms with van der Waals surface area (Å²) in [4.78, 5) is 5.70. The van der Waals surface area contributed by atoms with Gasteiger partial charge >= 0.3 is 0 Å². The molecule has 0 atom stereocenters. The summed E-state index contributed by atoms with van der Waals surface area (Å²) >= 11 is 0. The lowest BCUT2D eigenvalue weighted by Crippen LogP contribution is -2.65. The lowest BCUT2D eigenvalue weighted by molar-refractivity contribution is -0.106. The molecule has 0 bridgehead atoms. The van der Waals surface area contributed by atoms with Gasteiger partial charge in [-0.3, -0.25) is 9.80 Å². The molecule has 3 heteroatoms. The number of hydrogen-bond acceptors (Lipinski definition) is 3. The van der Waals surface area contributed by atoms with Crippen LogP contribution < -0.4 is 5.32 Å². The van der Waals surface area contributed by atoms with Crippen LogP contribution in [-0.2, 0) is 0 Å². The van der Waals surface area contributed by atoms with E-state index in [1.54, 1.807) is 0 Å². The van der Waals surface area contributed by atoms with Gasteiger partial charge in [0.25, 0.3) is 0 Å². The summed E-state index contributed by atoms with van der Waals surface area (Å²) in [5.41, 5.74) is 1.48. The Labute approximate surface area is 154 Å². The highest BCUT2D eigenvalue weighted by Crippen LogP contribution is 2.50. The normalized spacial score (nSPS) is 37.1. The molecule has 0 unspecified atom stereocenters. The number of nitrogens with one attached hydrogen (secondary N) is 1. The molecule has 0 aromatic carbocycles. The minimum atomic E-state index is 0.726. The maximum atomic E-state index is 3.51. The van der Waals surface area contributed by atoms with Gasteiger partial charge in [0.05, 0.1) is 0 Å². The second-order valence-electron chi connectivity index (χ2n) is 10.7. The van der Waals surface area contributed by atoms with Gasteiger partial charge in [0.2, 0.25) is 0 Å². The van der Waals surface area contributed by atoms with E-state index in [1.807, 2.05) is 0 Å². The average Bonchev–Trinajstić information content (AvgIpc) is 2.60. The zero-order valence-electron chi connectivity index (χ0n) is 16.4.